The lowest BCUT2D eigenvalue weighted by molar-refractivity contribution is 0.0737. The smallest absolute Gasteiger partial charge is 0.255 e. The fourth-order valence-corrected chi connectivity index (χ4v) is 5.05. The zero-order chi connectivity index (χ0) is 18.6. The van der Waals surface area contributed by atoms with Crippen molar-refractivity contribution in [3.8, 4) is 10.6 Å². The van der Waals surface area contributed by atoms with Gasteiger partial charge in [0.1, 0.15) is 0 Å². The van der Waals surface area contributed by atoms with E-state index in [-0.39, 0.29) is 5.91 Å². The van der Waals surface area contributed by atoms with Gasteiger partial charge in [-0.05, 0) is 49.8 Å². The van der Waals surface area contributed by atoms with Crippen LogP contribution in [-0.2, 0) is 12.8 Å². The predicted molar refractivity (Wildman–Crippen MR) is 110 cm³/mol. The van der Waals surface area contributed by atoms with E-state index >= 15 is 0 Å². The number of thiophene rings is 1. The Kier molecular flexibility index (Phi) is 5.39. The monoisotopic (exact) mass is 379 g/mol. The van der Waals surface area contributed by atoms with E-state index in [9.17, 15) is 4.79 Å². The van der Waals surface area contributed by atoms with Crippen LogP contribution in [0.3, 0.4) is 0 Å². The number of carbonyl (C=O) groups is 1. The summed E-state index contributed by atoms with van der Waals surface area (Å²) in [5.41, 5.74) is 4.55. The summed E-state index contributed by atoms with van der Waals surface area (Å²) < 4.78 is 0. The third kappa shape index (κ3) is 3.83. The van der Waals surface area contributed by atoms with E-state index in [1.807, 2.05) is 11.0 Å². The molecular formula is C22H25N3OS. The Labute approximate surface area is 164 Å². The van der Waals surface area contributed by atoms with Crippen LogP contribution in [-0.4, -0.2) is 34.1 Å². The van der Waals surface area contributed by atoms with Crippen LogP contribution < -0.4 is 0 Å². The van der Waals surface area contributed by atoms with Crippen LogP contribution in [0.25, 0.3) is 10.6 Å². The topological polar surface area (TPSA) is 49.0 Å². The molecule has 1 N–H and O–H groups in total. The maximum absolute atomic E-state index is 13.0. The number of rotatable bonds is 7. The van der Waals surface area contributed by atoms with E-state index in [1.165, 1.54) is 22.4 Å². The van der Waals surface area contributed by atoms with Gasteiger partial charge in [-0.3, -0.25) is 9.89 Å². The normalized spacial score (nSPS) is 13.8. The minimum atomic E-state index is 0.207. The molecule has 0 fully saturated rings. The number of nitrogens with one attached hydrogen (secondary N) is 1. The number of aromatic nitrogens is 2. The molecule has 0 saturated heterocycles. The van der Waals surface area contributed by atoms with Crippen LogP contribution in [0.4, 0.5) is 0 Å². The second-order valence-corrected chi connectivity index (χ2v) is 8.37. The van der Waals surface area contributed by atoms with Gasteiger partial charge in [0.05, 0.1) is 16.1 Å². The first kappa shape index (κ1) is 18.0. The van der Waals surface area contributed by atoms with Crippen LogP contribution in [0.15, 0.2) is 42.6 Å². The number of aryl methyl sites for hydroxylation is 2. The Morgan fingerprint density at radius 3 is 2.78 bits per heavy atom. The Balaban J connectivity index is 1.34. The largest absolute Gasteiger partial charge is 0.338 e. The first-order valence-corrected chi connectivity index (χ1v) is 10.5. The van der Waals surface area contributed by atoms with Crippen molar-refractivity contribution in [3.05, 3.63) is 64.2 Å². The first-order chi connectivity index (χ1) is 13.2. The molecule has 4 nitrogen and oxygen atoms in total. The number of aromatic amines is 1. The van der Waals surface area contributed by atoms with E-state index in [1.54, 1.807) is 17.5 Å². The molecule has 3 heterocycles. The molecule has 1 aliphatic rings. The molecule has 1 amide bonds. The highest BCUT2D eigenvalue weighted by Crippen LogP contribution is 2.38. The third-order valence-electron chi connectivity index (χ3n) is 5.30. The predicted octanol–water partition coefficient (Wildman–Crippen LogP) is 4.86. The summed E-state index contributed by atoms with van der Waals surface area (Å²) >= 11 is 1.70. The average molecular weight is 380 g/mol. The van der Waals surface area contributed by atoms with Crippen molar-refractivity contribution in [2.75, 3.05) is 13.1 Å². The number of H-pyrrole nitrogens is 1. The molecule has 0 spiro atoms. The zero-order valence-electron chi connectivity index (χ0n) is 15.7. The standard InChI is InChI=1S/C22H25N3OS/c1-16-20-18(21(27-16)19-11-13-23-24-19)12-15-25(22(20)26)14-7-3-6-10-17-8-4-2-5-9-17/h2,4-5,8-9,11,13H,3,6-7,10,12,14-15H2,1H3,(H,23,24). The van der Waals surface area contributed by atoms with Crippen molar-refractivity contribution >= 4 is 17.2 Å². The van der Waals surface area contributed by atoms with Crippen molar-refractivity contribution in [3.63, 3.8) is 0 Å². The SMILES string of the molecule is Cc1sc(-c2ccn[nH]2)c2c1C(=O)N(CCCCCc1ccccc1)CC2. The number of fused-ring (bicyclic) bond motifs is 1. The molecule has 0 saturated carbocycles. The fraction of sp³-hybridized carbons (Fsp3) is 0.364. The molecular weight excluding hydrogens is 354 g/mol. The van der Waals surface area contributed by atoms with Crippen molar-refractivity contribution in [1.82, 2.24) is 15.1 Å². The van der Waals surface area contributed by atoms with E-state index in [4.69, 9.17) is 0 Å². The van der Waals surface area contributed by atoms with Gasteiger partial charge in [0.25, 0.3) is 5.91 Å². The first-order valence-electron chi connectivity index (χ1n) is 9.69. The molecule has 5 heteroatoms. The molecule has 27 heavy (non-hydrogen) atoms. The van der Waals surface area contributed by atoms with Crippen LogP contribution in [0.2, 0.25) is 0 Å². The molecule has 0 unspecified atom stereocenters. The molecule has 3 aromatic rings. The van der Waals surface area contributed by atoms with Gasteiger partial charge < -0.3 is 4.90 Å². The number of hydrogen-bond acceptors (Lipinski definition) is 3. The van der Waals surface area contributed by atoms with Crippen LogP contribution in [0.1, 0.15) is 45.6 Å². The summed E-state index contributed by atoms with van der Waals surface area (Å²) in [6.45, 7) is 3.74. The highest BCUT2D eigenvalue weighted by atomic mass is 32.1. The van der Waals surface area contributed by atoms with Gasteiger partial charge >= 0.3 is 0 Å². The van der Waals surface area contributed by atoms with Crippen LogP contribution in [0, 0.1) is 6.92 Å². The fourth-order valence-electron chi connectivity index (χ4n) is 3.88. The van der Waals surface area contributed by atoms with Gasteiger partial charge in [0.15, 0.2) is 0 Å². The molecule has 4 rings (SSSR count). The van der Waals surface area contributed by atoms with Gasteiger partial charge in [0, 0.05) is 24.2 Å². The Bertz CT molecular complexity index is 899. The quantitative estimate of drug-likeness (QED) is 0.596. The number of nitrogens with zero attached hydrogens (tertiary/aromatic N) is 2. The molecule has 0 aliphatic carbocycles. The minimum absolute atomic E-state index is 0.207. The molecule has 0 bridgehead atoms. The average Bonchev–Trinajstić information content (AvgIpc) is 3.32. The molecule has 140 valence electrons. The highest BCUT2D eigenvalue weighted by Gasteiger charge is 2.30. The summed E-state index contributed by atoms with van der Waals surface area (Å²) in [7, 11) is 0. The van der Waals surface area contributed by atoms with Gasteiger partial charge in [-0.1, -0.05) is 36.8 Å². The zero-order valence-corrected chi connectivity index (χ0v) is 16.5. The highest BCUT2D eigenvalue weighted by molar-refractivity contribution is 7.16. The van der Waals surface area contributed by atoms with E-state index < -0.39 is 0 Å². The van der Waals surface area contributed by atoms with Gasteiger partial charge in [-0.25, -0.2) is 0 Å². The van der Waals surface area contributed by atoms with Gasteiger partial charge in [-0.2, -0.15) is 5.10 Å². The van der Waals surface area contributed by atoms with Crippen molar-refractivity contribution in [2.24, 2.45) is 0 Å². The second-order valence-electron chi connectivity index (χ2n) is 7.15. The summed E-state index contributed by atoms with van der Waals surface area (Å²) in [4.78, 5) is 17.4. The third-order valence-corrected chi connectivity index (χ3v) is 6.48. The maximum atomic E-state index is 13.0. The summed E-state index contributed by atoms with van der Waals surface area (Å²) in [6.07, 6.45) is 7.24. The summed E-state index contributed by atoms with van der Waals surface area (Å²) in [5.74, 6) is 0.207. The molecule has 1 aliphatic heterocycles. The Morgan fingerprint density at radius 2 is 2.00 bits per heavy atom. The van der Waals surface area contributed by atoms with Crippen molar-refractivity contribution < 1.29 is 4.79 Å². The summed E-state index contributed by atoms with van der Waals surface area (Å²) in [5, 5.41) is 7.10. The van der Waals surface area contributed by atoms with E-state index in [2.05, 4.69) is 47.5 Å². The summed E-state index contributed by atoms with van der Waals surface area (Å²) in [6, 6.07) is 12.6. The van der Waals surface area contributed by atoms with Crippen molar-refractivity contribution in [1.29, 1.82) is 0 Å². The molecule has 0 atom stereocenters. The second kappa shape index (κ2) is 8.09. The van der Waals surface area contributed by atoms with E-state index in [0.717, 1.165) is 54.9 Å². The van der Waals surface area contributed by atoms with Crippen LogP contribution >= 0.6 is 11.3 Å². The van der Waals surface area contributed by atoms with Crippen LogP contribution in [0.5, 0.6) is 0 Å². The number of benzene rings is 1. The lowest BCUT2D eigenvalue weighted by atomic mass is 9.98. The minimum Gasteiger partial charge on any atom is -0.338 e. The molecule has 0 radical (unpaired) electrons. The Hall–Kier alpha value is -2.40. The molecule has 1 aromatic carbocycles. The Morgan fingerprint density at radius 1 is 1.15 bits per heavy atom. The van der Waals surface area contributed by atoms with Crippen molar-refractivity contribution in [2.45, 2.75) is 39.0 Å². The number of amides is 1. The maximum Gasteiger partial charge on any atom is 0.255 e. The van der Waals surface area contributed by atoms with Gasteiger partial charge in [-0.15, -0.1) is 11.3 Å². The lowest BCUT2D eigenvalue weighted by Crippen LogP contribution is -2.38. The number of carbonyl (C=O) groups excluding carboxylic acids is 1. The lowest BCUT2D eigenvalue weighted by Gasteiger charge is -2.28. The van der Waals surface area contributed by atoms with Gasteiger partial charge in [0.2, 0.25) is 0 Å². The number of unbranched alkanes of at least 4 members (excludes halogenated alkanes) is 2. The molecule has 2 aromatic heterocycles. The van der Waals surface area contributed by atoms with E-state index in [0.29, 0.717) is 0 Å². The number of hydrogen-bond donors (Lipinski definition) is 1.